The summed E-state index contributed by atoms with van der Waals surface area (Å²) < 4.78 is 4.91. The summed E-state index contributed by atoms with van der Waals surface area (Å²) in [6.45, 7) is 4.46. The Morgan fingerprint density at radius 1 is 1.60 bits per heavy atom. The van der Waals surface area contributed by atoms with Crippen LogP contribution in [0.15, 0.2) is 0 Å². The van der Waals surface area contributed by atoms with Gasteiger partial charge in [-0.3, -0.25) is 4.79 Å². The smallest absolute Gasteiger partial charge is 0.224 e. The molecule has 1 aliphatic heterocycles. The average molecular weight is 214 g/mol. The quantitative estimate of drug-likeness (QED) is 0.740. The van der Waals surface area contributed by atoms with E-state index in [0.717, 1.165) is 19.5 Å². The van der Waals surface area contributed by atoms with Gasteiger partial charge in [0.1, 0.15) is 0 Å². The average Bonchev–Trinajstić information content (AvgIpc) is 2.25. The first-order valence-electron chi connectivity index (χ1n) is 5.63. The van der Waals surface area contributed by atoms with Crippen LogP contribution in [-0.2, 0) is 9.53 Å². The number of nitrogens with one attached hydrogen (secondary N) is 1. The molecule has 1 rings (SSSR count). The summed E-state index contributed by atoms with van der Waals surface area (Å²) >= 11 is 0. The second kappa shape index (κ2) is 6.08. The molecule has 0 bridgehead atoms. The number of amides is 1. The van der Waals surface area contributed by atoms with E-state index in [1.165, 1.54) is 0 Å². The Morgan fingerprint density at radius 2 is 2.33 bits per heavy atom. The van der Waals surface area contributed by atoms with Gasteiger partial charge in [0.2, 0.25) is 5.91 Å². The molecule has 88 valence electrons. The molecular weight excluding hydrogens is 192 g/mol. The summed E-state index contributed by atoms with van der Waals surface area (Å²) in [6, 6.07) is 0.552. The van der Waals surface area contributed by atoms with Gasteiger partial charge < -0.3 is 15.0 Å². The van der Waals surface area contributed by atoms with Gasteiger partial charge >= 0.3 is 0 Å². The van der Waals surface area contributed by atoms with E-state index >= 15 is 0 Å². The minimum atomic E-state index is 0.221. The SMILES string of the molecule is CNC1CCN(C(=O)CCOC)CC1C. The standard InChI is InChI=1S/C11H22N2O2/c1-9-8-13(6-4-10(9)12-2)11(14)5-7-15-3/h9-10,12H,4-8H2,1-3H3. The Kier molecular flexibility index (Phi) is 5.05. The summed E-state index contributed by atoms with van der Waals surface area (Å²) in [5.41, 5.74) is 0. The molecule has 0 aliphatic carbocycles. The van der Waals surface area contributed by atoms with Crippen molar-refractivity contribution in [3.05, 3.63) is 0 Å². The van der Waals surface area contributed by atoms with Crippen molar-refractivity contribution in [2.75, 3.05) is 33.9 Å². The maximum Gasteiger partial charge on any atom is 0.224 e. The topological polar surface area (TPSA) is 41.6 Å². The second-order valence-corrected chi connectivity index (χ2v) is 4.24. The molecule has 4 nitrogen and oxygen atoms in total. The first kappa shape index (κ1) is 12.5. The van der Waals surface area contributed by atoms with Gasteiger partial charge in [-0.25, -0.2) is 0 Å². The zero-order valence-electron chi connectivity index (χ0n) is 9.95. The third-order valence-corrected chi connectivity index (χ3v) is 3.15. The summed E-state index contributed by atoms with van der Waals surface area (Å²) in [4.78, 5) is 13.7. The van der Waals surface area contributed by atoms with E-state index < -0.39 is 0 Å². The molecule has 0 radical (unpaired) electrons. The van der Waals surface area contributed by atoms with Crippen molar-refractivity contribution in [2.24, 2.45) is 5.92 Å². The fraction of sp³-hybridized carbons (Fsp3) is 0.909. The molecule has 1 amide bonds. The number of carbonyl (C=O) groups excluding carboxylic acids is 1. The third-order valence-electron chi connectivity index (χ3n) is 3.15. The summed E-state index contributed by atoms with van der Waals surface area (Å²) in [6.07, 6.45) is 1.56. The van der Waals surface area contributed by atoms with Crippen LogP contribution in [0.4, 0.5) is 0 Å². The summed E-state index contributed by atoms with van der Waals surface area (Å²) in [7, 11) is 3.62. The highest BCUT2D eigenvalue weighted by molar-refractivity contribution is 5.76. The van der Waals surface area contributed by atoms with Crippen LogP contribution >= 0.6 is 0 Å². The lowest BCUT2D eigenvalue weighted by Crippen LogP contribution is -2.49. The number of piperidine rings is 1. The van der Waals surface area contributed by atoms with Crippen LogP contribution in [0.1, 0.15) is 19.8 Å². The van der Waals surface area contributed by atoms with Crippen molar-refractivity contribution >= 4 is 5.91 Å². The predicted molar refractivity (Wildman–Crippen MR) is 59.7 cm³/mol. The van der Waals surface area contributed by atoms with Gasteiger partial charge in [-0.05, 0) is 19.4 Å². The number of rotatable bonds is 4. The van der Waals surface area contributed by atoms with E-state index in [1.54, 1.807) is 7.11 Å². The second-order valence-electron chi connectivity index (χ2n) is 4.24. The van der Waals surface area contributed by atoms with Crippen LogP contribution in [0.5, 0.6) is 0 Å². The number of likely N-dealkylation sites (tertiary alicyclic amines) is 1. The minimum Gasteiger partial charge on any atom is -0.384 e. The van der Waals surface area contributed by atoms with E-state index in [9.17, 15) is 4.79 Å². The molecule has 1 fully saturated rings. The number of methoxy groups -OCH3 is 1. The molecule has 1 aliphatic rings. The highest BCUT2D eigenvalue weighted by Crippen LogP contribution is 2.16. The van der Waals surface area contributed by atoms with Crippen LogP contribution in [0.25, 0.3) is 0 Å². The fourth-order valence-corrected chi connectivity index (χ4v) is 2.15. The lowest BCUT2D eigenvalue weighted by Gasteiger charge is -2.36. The van der Waals surface area contributed by atoms with Gasteiger partial charge in [0, 0.05) is 26.2 Å². The Morgan fingerprint density at radius 3 is 2.87 bits per heavy atom. The van der Waals surface area contributed by atoms with Gasteiger partial charge in [0.15, 0.2) is 0 Å². The molecule has 1 N–H and O–H groups in total. The summed E-state index contributed by atoms with van der Waals surface area (Å²) in [5.74, 6) is 0.758. The first-order chi connectivity index (χ1) is 7.19. The van der Waals surface area contributed by atoms with Crippen molar-refractivity contribution < 1.29 is 9.53 Å². The lowest BCUT2D eigenvalue weighted by molar-refractivity contribution is -0.134. The largest absolute Gasteiger partial charge is 0.384 e. The van der Waals surface area contributed by atoms with E-state index in [4.69, 9.17) is 4.74 Å². The molecule has 2 unspecified atom stereocenters. The number of hydrogen-bond donors (Lipinski definition) is 1. The van der Waals surface area contributed by atoms with Crippen molar-refractivity contribution in [3.63, 3.8) is 0 Å². The molecule has 15 heavy (non-hydrogen) atoms. The zero-order chi connectivity index (χ0) is 11.3. The number of carbonyl (C=O) groups is 1. The molecule has 0 spiro atoms. The van der Waals surface area contributed by atoms with Crippen LogP contribution in [0.3, 0.4) is 0 Å². The molecule has 4 heteroatoms. The fourth-order valence-electron chi connectivity index (χ4n) is 2.15. The Balaban J connectivity index is 2.36. The van der Waals surface area contributed by atoms with Crippen LogP contribution < -0.4 is 5.32 Å². The minimum absolute atomic E-state index is 0.221. The van der Waals surface area contributed by atoms with Crippen LogP contribution in [0.2, 0.25) is 0 Å². The van der Waals surface area contributed by atoms with E-state index in [0.29, 0.717) is 25.0 Å². The highest BCUT2D eigenvalue weighted by Gasteiger charge is 2.26. The van der Waals surface area contributed by atoms with Gasteiger partial charge in [0.25, 0.3) is 0 Å². The van der Waals surface area contributed by atoms with Gasteiger partial charge in [-0.1, -0.05) is 6.92 Å². The normalized spacial score (nSPS) is 26.7. The van der Waals surface area contributed by atoms with Gasteiger partial charge in [0.05, 0.1) is 13.0 Å². The first-order valence-corrected chi connectivity index (χ1v) is 5.63. The Bertz CT molecular complexity index is 209. The molecule has 2 atom stereocenters. The van der Waals surface area contributed by atoms with Crippen LogP contribution in [0, 0.1) is 5.92 Å². The van der Waals surface area contributed by atoms with Crippen molar-refractivity contribution in [2.45, 2.75) is 25.8 Å². The van der Waals surface area contributed by atoms with E-state index in [1.807, 2.05) is 11.9 Å². The number of nitrogens with zero attached hydrogens (tertiary/aromatic N) is 1. The Hall–Kier alpha value is -0.610. The molecule has 1 heterocycles. The molecular formula is C11H22N2O2. The summed E-state index contributed by atoms with van der Waals surface area (Å²) in [5, 5.41) is 3.29. The molecule has 0 saturated carbocycles. The van der Waals surface area contributed by atoms with Crippen molar-refractivity contribution in [1.82, 2.24) is 10.2 Å². The maximum absolute atomic E-state index is 11.7. The Labute approximate surface area is 92.0 Å². The molecule has 0 aromatic rings. The zero-order valence-corrected chi connectivity index (χ0v) is 9.95. The molecule has 0 aromatic heterocycles. The molecule has 0 aromatic carbocycles. The van der Waals surface area contributed by atoms with Gasteiger partial charge in [-0.2, -0.15) is 0 Å². The van der Waals surface area contributed by atoms with Crippen LogP contribution in [-0.4, -0.2) is 50.7 Å². The van der Waals surface area contributed by atoms with Crippen molar-refractivity contribution in [3.8, 4) is 0 Å². The van der Waals surface area contributed by atoms with Crippen molar-refractivity contribution in [1.29, 1.82) is 0 Å². The number of hydrogen-bond acceptors (Lipinski definition) is 3. The van der Waals surface area contributed by atoms with E-state index in [-0.39, 0.29) is 5.91 Å². The lowest BCUT2D eigenvalue weighted by atomic mass is 9.94. The third kappa shape index (κ3) is 3.47. The highest BCUT2D eigenvalue weighted by atomic mass is 16.5. The maximum atomic E-state index is 11.7. The monoisotopic (exact) mass is 214 g/mol. The molecule has 1 saturated heterocycles. The van der Waals surface area contributed by atoms with Gasteiger partial charge in [-0.15, -0.1) is 0 Å². The number of ether oxygens (including phenoxy) is 1. The van der Waals surface area contributed by atoms with E-state index in [2.05, 4.69) is 12.2 Å². The predicted octanol–water partition coefficient (Wildman–Crippen LogP) is 0.479.